The molecule has 5 heteroatoms. The summed E-state index contributed by atoms with van der Waals surface area (Å²) in [5, 5.41) is 0.611. The third-order valence-electron chi connectivity index (χ3n) is 3.19. The van der Waals surface area contributed by atoms with E-state index < -0.39 is 0 Å². The highest BCUT2D eigenvalue weighted by Gasteiger charge is 2.18. The van der Waals surface area contributed by atoms with Crippen LogP contribution < -0.4 is 4.90 Å². The third kappa shape index (κ3) is 1.88. The largest absolute Gasteiger partial charge is 0.361 e. The van der Waals surface area contributed by atoms with E-state index in [-0.39, 0.29) is 0 Å². The predicted octanol–water partition coefficient (Wildman–Crippen LogP) is 2.37. The van der Waals surface area contributed by atoms with Crippen LogP contribution in [-0.4, -0.2) is 22.4 Å². The van der Waals surface area contributed by atoms with Gasteiger partial charge in [-0.1, -0.05) is 11.6 Å². The number of carbonyl (C=O) groups is 1. The fraction of sp³-hybridized carbons (Fsp3) is 0.231. The molecule has 92 valence electrons. The minimum Gasteiger partial charge on any atom is -0.361 e. The van der Waals surface area contributed by atoms with Crippen LogP contribution in [0.1, 0.15) is 16.2 Å². The molecule has 2 aromatic rings. The number of imidazole rings is 1. The molecule has 0 saturated carbocycles. The van der Waals surface area contributed by atoms with Gasteiger partial charge in [0.15, 0.2) is 0 Å². The van der Waals surface area contributed by atoms with Crippen LogP contribution in [0.2, 0.25) is 5.02 Å². The smallest absolute Gasteiger partial charge is 0.150 e. The van der Waals surface area contributed by atoms with Gasteiger partial charge in [-0.25, -0.2) is 4.98 Å². The number of anilines is 1. The summed E-state index contributed by atoms with van der Waals surface area (Å²) in [5.41, 5.74) is 1.55. The van der Waals surface area contributed by atoms with E-state index in [0.717, 1.165) is 37.4 Å². The maximum atomic E-state index is 10.7. The molecular formula is C13H12ClN3O. The Bertz CT molecular complexity index is 594. The summed E-state index contributed by atoms with van der Waals surface area (Å²) in [6.07, 6.45) is 4.61. The number of fused-ring (bicyclic) bond motifs is 1. The van der Waals surface area contributed by atoms with Gasteiger partial charge < -0.3 is 9.47 Å². The van der Waals surface area contributed by atoms with E-state index in [1.54, 1.807) is 12.1 Å². The van der Waals surface area contributed by atoms with Crippen LogP contribution in [0.4, 0.5) is 5.69 Å². The first kappa shape index (κ1) is 11.3. The van der Waals surface area contributed by atoms with E-state index in [1.165, 1.54) is 0 Å². The molecule has 0 spiro atoms. The topological polar surface area (TPSA) is 38.1 Å². The van der Waals surface area contributed by atoms with Crippen molar-refractivity contribution in [2.24, 2.45) is 0 Å². The molecule has 1 aromatic carbocycles. The summed E-state index contributed by atoms with van der Waals surface area (Å²) < 4.78 is 2.14. The molecule has 0 unspecified atom stereocenters. The van der Waals surface area contributed by atoms with Gasteiger partial charge in [0.1, 0.15) is 12.1 Å². The molecule has 1 aliphatic rings. The molecule has 1 aromatic heterocycles. The summed E-state index contributed by atoms with van der Waals surface area (Å²) in [4.78, 5) is 17.2. The maximum Gasteiger partial charge on any atom is 0.150 e. The lowest BCUT2D eigenvalue weighted by Crippen LogP contribution is -2.33. The molecule has 0 N–H and O–H groups in total. The molecular weight excluding hydrogens is 250 g/mol. The van der Waals surface area contributed by atoms with Crippen molar-refractivity contribution in [2.75, 3.05) is 11.4 Å². The Kier molecular flexibility index (Phi) is 2.80. The van der Waals surface area contributed by atoms with Crippen LogP contribution in [0.25, 0.3) is 0 Å². The van der Waals surface area contributed by atoms with Gasteiger partial charge in [0.2, 0.25) is 0 Å². The standard InChI is InChI=1S/C13H12ClN3O/c14-11-7-10(9-18)1-2-12(11)17-6-5-16-4-3-15-13(16)8-17/h1-4,7,9H,5-6,8H2. The van der Waals surface area contributed by atoms with Gasteiger partial charge in [0, 0.05) is 31.0 Å². The highest BCUT2D eigenvalue weighted by molar-refractivity contribution is 6.33. The highest BCUT2D eigenvalue weighted by Crippen LogP contribution is 2.29. The number of hydrogen-bond acceptors (Lipinski definition) is 3. The van der Waals surface area contributed by atoms with Crippen molar-refractivity contribution in [3.63, 3.8) is 0 Å². The van der Waals surface area contributed by atoms with E-state index in [0.29, 0.717) is 10.6 Å². The van der Waals surface area contributed by atoms with Crippen molar-refractivity contribution in [1.82, 2.24) is 9.55 Å². The quantitative estimate of drug-likeness (QED) is 0.779. The molecule has 0 radical (unpaired) electrons. The van der Waals surface area contributed by atoms with Crippen LogP contribution in [-0.2, 0) is 13.1 Å². The molecule has 3 rings (SSSR count). The Morgan fingerprint density at radius 1 is 1.33 bits per heavy atom. The number of nitrogens with zero attached hydrogens (tertiary/aromatic N) is 3. The van der Waals surface area contributed by atoms with Gasteiger partial charge in [-0.3, -0.25) is 4.79 Å². The third-order valence-corrected chi connectivity index (χ3v) is 3.50. The normalized spacial score (nSPS) is 14.4. The molecule has 0 aliphatic carbocycles. The van der Waals surface area contributed by atoms with Crippen molar-refractivity contribution >= 4 is 23.6 Å². The molecule has 0 amide bonds. The lowest BCUT2D eigenvalue weighted by atomic mass is 10.2. The summed E-state index contributed by atoms with van der Waals surface area (Å²) in [6, 6.07) is 5.38. The summed E-state index contributed by atoms with van der Waals surface area (Å²) in [6.45, 7) is 2.54. The van der Waals surface area contributed by atoms with Crippen molar-refractivity contribution in [2.45, 2.75) is 13.1 Å². The van der Waals surface area contributed by atoms with Gasteiger partial charge in [-0.15, -0.1) is 0 Å². The minimum absolute atomic E-state index is 0.599. The first-order valence-electron chi connectivity index (χ1n) is 5.77. The Labute approximate surface area is 110 Å². The fourth-order valence-corrected chi connectivity index (χ4v) is 2.54. The van der Waals surface area contributed by atoms with Crippen LogP contribution in [0, 0.1) is 0 Å². The Morgan fingerprint density at radius 2 is 2.22 bits per heavy atom. The second kappa shape index (κ2) is 4.46. The second-order valence-electron chi connectivity index (χ2n) is 4.29. The Morgan fingerprint density at radius 3 is 3.00 bits per heavy atom. The number of rotatable bonds is 2. The molecule has 0 bridgehead atoms. The van der Waals surface area contributed by atoms with E-state index in [1.807, 2.05) is 18.5 Å². The number of hydrogen-bond donors (Lipinski definition) is 0. The van der Waals surface area contributed by atoms with Crippen molar-refractivity contribution in [3.8, 4) is 0 Å². The summed E-state index contributed by atoms with van der Waals surface area (Å²) in [7, 11) is 0. The Balaban J connectivity index is 1.90. The van der Waals surface area contributed by atoms with Gasteiger partial charge in [0.25, 0.3) is 0 Å². The average Bonchev–Trinajstić information content (AvgIpc) is 2.85. The van der Waals surface area contributed by atoms with E-state index in [4.69, 9.17) is 11.6 Å². The summed E-state index contributed by atoms with van der Waals surface area (Å²) >= 11 is 6.21. The number of aromatic nitrogens is 2. The molecule has 0 atom stereocenters. The van der Waals surface area contributed by atoms with E-state index in [2.05, 4.69) is 14.5 Å². The number of benzene rings is 1. The average molecular weight is 262 g/mol. The predicted molar refractivity (Wildman–Crippen MR) is 70.1 cm³/mol. The zero-order chi connectivity index (χ0) is 12.5. The number of aldehydes is 1. The van der Waals surface area contributed by atoms with E-state index in [9.17, 15) is 4.79 Å². The van der Waals surface area contributed by atoms with Crippen molar-refractivity contribution < 1.29 is 4.79 Å². The van der Waals surface area contributed by atoms with E-state index >= 15 is 0 Å². The fourth-order valence-electron chi connectivity index (χ4n) is 2.23. The Hall–Kier alpha value is -1.81. The SMILES string of the molecule is O=Cc1ccc(N2CCn3ccnc3C2)c(Cl)c1. The second-order valence-corrected chi connectivity index (χ2v) is 4.69. The minimum atomic E-state index is 0.599. The van der Waals surface area contributed by atoms with Gasteiger partial charge in [-0.2, -0.15) is 0 Å². The van der Waals surface area contributed by atoms with Crippen LogP contribution in [0.3, 0.4) is 0 Å². The van der Waals surface area contributed by atoms with Crippen molar-refractivity contribution in [1.29, 1.82) is 0 Å². The first-order chi connectivity index (χ1) is 8.78. The monoisotopic (exact) mass is 261 g/mol. The zero-order valence-electron chi connectivity index (χ0n) is 9.71. The molecule has 0 saturated heterocycles. The molecule has 2 heterocycles. The molecule has 18 heavy (non-hydrogen) atoms. The first-order valence-corrected chi connectivity index (χ1v) is 6.15. The van der Waals surface area contributed by atoms with Crippen molar-refractivity contribution in [3.05, 3.63) is 47.0 Å². The van der Waals surface area contributed by atoms with Crippen LogP contribution in [0.15, 0.2) is 30.6 Å². The maximum absolute atomic E-state index is 10.7. The van der Waals surface area contributed by atoms with Gasteiger partial charge >= 0.3 is 0 Å². The van der Waals surface area contributed by atoms with Gasteiger partial charge in [-0.05, 0) is 18.2 Å². The molecule has 4 nitrogen and oxygen atoms in total. The van der Waals surface area contributed by atoms with Crippen LogP contribution >= 0.6 is 11.6 Å². The molecule has 1 aliphatic heterocycles. The highest BCUT2D eigenvalue weighted by atomic mass is 35.5. The van der Waals surface area contributed by atoms with Gasteiger partial charge in [0.05, 0.1) is 17.3 Å². The number of carbonyl (C=O) groups excluding carboxylic acids is 1. The van der Waals surface area contributed by atoms with Crippen LogP contribution in [0.5, 0.6) is 0 Å². The number of halogens is 1. The summed E-state index contributed by atoms with van der Waals surface area (Å²) in [5.74, 6) is 1.04. The lowest BCUT2D eigenvalue weighted by molar-refractivity contribution is 0.112. The lowest BCUT2D eigenvalue weighted by Gasteiger charge is -2.30. The molecule has 0 fully saturated rings. The zero-order valence-corrected chi connectivity index (χ0v) is 10.5.